The maximum Gasteiger partial charge on any atom is 0.262 e. The van der Waals surface area contributed by atoms with Crippen molar-refractivity contribution in [2.24, 2.45) is 0 Å². The zero-order chi connectivity index (χ0) is 24.1. The molecule has 1 unspecified atom stereocenters. The summed E-state index contributed by atoms with van der Waals surface area (Å²) in [5.41, 5.74) is 1.58. The van der Waals surface area contributed by atoms with Crippen molar-refractivity contribution < 1.29 is 23.9 Å². The van der Waals surface area contributed by atoms with Gasteiger partial charge in [-0.05, 0) is 67.6 Å². The van der Waals surface area contributed by atoms with E-state index in [4.69, 9.17) is 4.74 Å². The largest absolute Gasteiger partial charge is 0.484 e. The molecular weight excluding hydrogens is 452 g/mol. The van der Waals surface area contributed by atoms with Crippen LogP contribution < -0.4 is 15.0 Å². The number of amides is 3. The Balaban J connectivity index is 1.33. The van der Waals surface area contributed by atoms with Crippen LogP contribution in [0.15, 0.2) is 83.8 Å². The Kier molecular flexibility index (Phi) is 7.08. The number of imide groups is 1. The van der Waals surface area contributed by atoms with Crippen LogP contribution in [-0.2, 0) is 14.4 Å². The van der Waals surface area contributed by atoms with E-state index >= 15 is 0 Å². The van der Waals surface area contributed by atoms with Gasteiger partial charge >= 0.3 is 0 Å². The summed E-state index contributed by atoms with van der Waals surface area (Å²) in [5.74, 6) is -0.319. The van der Waals surface area contributed by atoms with E-state index in [1.807, 2.05) is 18.2 Å². The van der Waals surface area contributed by atoms with Crippen molar-refractivity contribution in [3.63, 3.8) is 0 Å². The number of nitrogens with zero attached hydrogens (tertiary/aromatic N) is 1. The van der Waals surface area contributed by atoms with Crippen LogP contribution in [0.4, 0.5) is 11.4 Å². The van der Waals surface area contributed by atoms with Gasteiger partial charge in [-0.15, -0.1) is 11.8 Å². The Bertz CT molecular complexity index is 1210. The second-order valence-corrected chi connectivity index (χ2v) is 8.93. The van der Waals surface area contributed by atoms with Gasteiger partial charge in [-0.25, -0.2) is 4.90 Å². The van der Waals surface area contributed by atoms with Crippen molar-refractivity contribution in [1.29, 1.82) is 0 Å². The van der Waals surface area contributed by atoms with E-state index in [2.05, 4.69) is 5.32 Å². The summed E-state index contributed by atoms with van der Waals surface area (Å²) in [7, 11) is 0. The Labute approximate surface area is 201 Å². The van der Waals surface area contributed by atoms with Gasteiger partial charge in [0.05, 0.1) is 10.9 Å². The van der Waals surface area contributed by atoms with E-state index in [1.165, 1.54) is 23.6 Å². The molecule has 0 aromatic heterocycles. The summed E-state index contributed by atoms with van der Waals surface area (Å²) in [6.45, 7) is 1.35. The van der Waals surface area contributed by atoms with E-state index in [0.29, 0.717) is 22.7 Å². The summed E-state index contributed by atoms with van der Waals surface area (Å²) in [5, 5.41) is 2.22. The van der Waals surface area contributed by atoms with E-state index in [0.717, 1.165) is 4.90 Å². The summed E-state index contributed by atoms with van der Waals surface area (Å²) < 4.78 is 5.43. The van der Waals surface area contributed by atoms with Gasteiger partial charge in [-0.1, -0.05) is 18.2 Å². The fourth-order valence-electron chi connectivity index (χ4n) is 3.46. The average Bonchev–Trinajstić information content (AvgIpc) is 3.12. The molecule has 0 bridgehead atoms. The first-order chi connectivity index (χ1) is 16.4. The van der Waals surface area contributed by atoms with E-state index in [9.17, 15) is 19.2 Å². The first-order valence-electron chi connectivity index (χ1n) is 10.6. The molecule has 1 aliphatic rings. The molecule has 7 nitrogen and oxygen atoms in total. The molecule has 1 aliphatic heterocycles. The first-order valence-corrected chi connectivity index (χ1v) is 11.5. The number of para-hydroxylation sites is 1. The molecule has 0 spiro atoms. The number of nitrogens with one attached hydrogen (secondary N) is 1. The van der Waals surface area contributed by atoms with Crippen molar-refractivity contribution in [3.8, 4) is 5.75 Å². The number of thioether (sulfide) groups is 1. The van der Waals surface area contributed by atoms with E-state index in [1.54, 1.807) is 60.7 Å². The number of hydrogen-bond donors (Lipinski definition) is 1. The lowest BCUT2D eigenvalue weighted by atomic mass is 10.1. The lowest BCUT2D eigenvalue weighted by Gasteiger charge is -2.15. The van der Waals surface area contributed by atoms with Crippen molar-refractivity contribution >= 4 is 46.6 Å². The van der Waals surface area contributed by atoms with Gasteiger partial charge in [-0.2, -0.15) is 0 Å². The van der Waals surface area contributed by atoms with Gasteiger partial charge in [0, 0.05) is 22.6 Å². The molecule has 8 heteroatoms. The number of carbonyl (C=O) groups is 4. The van der Waals surface area contributed by atoms with E-state index < -0.39 is 5.25 Å². The molecule has 4 rings (SSSR count). The standard InChI is InChI=1S/C26H22N2O5S/c1-17(29)18-7-11-20(12-8-18)28-25(31)15-23(26(28)32)34-22-13-9-19(10-14-22)27-24(30)16-33-21-5-3-2-4-6-21/h2-14,23H,15-16H2,1H3,(H,27,30). The molecule has 3 amide bonds. The molecule has 1 fully saturated rings. The Hall–Kier alpha value is -3.91. The Morgan fingerprint density at radius 3 is 2.29 bits per heavy atom. The number of carbonyl (C=O) groups excluding carboxylic acids is 4. The highest BCUT2D eigenvalue weighted by Gasteiger charge is 2.40. The quantitative estimate of drug-likeness (QED) is 0.386. The highest BCUT2D eigenvalue weighted by Crippen LogP contribution is 2.34. The highest BCUT2D eigenvalue weighted by atomic mass is 32.2. The fraction of sp³-hybridized carbons (Fsp3) is 0.154. The van der Waals surface area contributed by atoms with Crippen LogP contribution >= 0.6 is 11.8 Å². The van der Waals surface area contributed by atoms with Crippen molar-refractivity contribution in [2.75, 3.05) is 16.8 Å². The Morgan fingerprint density at radius 1 is 0.971 bits per heavy atom. The van der Waals surface area contributed by atoms with Crippen LogP contribution in [-0.4, -0.2) is 35.4 Å². The number of ketones is 1. The van der Waals surface area contributed by atoms with Crippen LogP contribution in [0, 0.1) is 0 Å². The molecule has 1 heterocycles. The minimum atomic E-state index is -0.542. The number of rotatable bonds is 8. The lowest BCUT2D eigenvalue weighted by molar-refractivity contribution is -0.121. The third kappa shape index (κ3) is 5.52. The third-order valence-electron chi connectivity index (χ3n) is 5.17. The van der Waals surface area contributed by atoms with Crippen LogP contribution in [0.3, 0.4) is 0 Å². The van der Waals surface area contributed by atoms with Crippen LogP contribution in [0.2, 0.25) is 0 Å². The highest BCUT2D eigenvalue weighted by molar-refractivity contribution is 8.00. The zero-order valence-corrected chi connectivity index (χ0v) is 19.2. The van der Waals surface area contributed by atoms with Crippen LogP contribution in [0.5, 0.6) is 5.75 Å². The molecule has 1 saturated heterocycles. The normalized spacial score (nSPS) is 15.3. The van der Waals surface area contributed by atoms with E-state index in [-0.39, 0.29) is 36.5 Å². The van der Waals surface area contributed by atoms with Crippen molar-refractivity contribution in [1.82, 2.24) is 0 Å². The maximum absolute atomic E-state index is 12.9. The molecule has 3 aromatic carbocycles. The molecule has 1 atom stereocenters. The lowest BCUT2D eigenvalue weighted by Crippen LogP contribution is -2.31. The zero-order valence-electron chi connectivity index (χ0n) is 18.4. The molecule has 34 heavy (non-hydrogen) atoms. The van der Waals surface area contributed by atoms with Gasteiger partial charge in [0.25, 0.3) is 5.91 Å². The molecule has 3 aromatic rings. The second kappa shape index (κ2) is 10.4. The summed E-state index contributed by atoms with van der Waals surface area (Å²) in [6, 6.07) is 22.6. The van der Waals surface area contributed by atoms with Gasteiger partial charge in [0.2, 0.25) is 11.8 Å². The minimum absolute atomic E-state index is 0.0811. The molecule has 0 saturated carbocycles. The number of Topliss-reactive ketones (excluding diaryl/α,β-unsaturated/α-hetero) is 1. The number of ether oxygens (including phenoxy) is 1. The predicted molar refractivity (Wildman–Crippen MR) is 130 cm³/mol. The molecule has 0 radical (unpaired) electrons. The predicted octanol–water partition coefficient (Wildman–Crippen LogP) is 4.33. The summed E-state index contributed by atoms with van der Waals surface area (Å²) in [4.78, 5) is 50.9. The molecule has 172 valence electrons. The minimum Gasteiger partial charge on any atom is -0.484 e. The first kappa shape index (κ1) is 23.3. The monoisotopic (exact) mass is 474 g/mol. The smallest absolute Gasteiger partial charge is 0.262 e. The Morgan fingerprint density at radius 2 is 1.65 bits per heavy atom. The van der Waals surface area contributed by atoms with Gasteiger partial charge in [0.1, 0.15) is 5.75 Å². The van der Waals surface area contributed by atoms with Crippen molar-refractivity contribution in [3.05, 3.63) is 84.4 Å². The second-order valence-electron chi connectivity index (χ2n) is 7.66. The summed E-state index contributed by atoms with van der Waals surface area (Å²) in [6.07, 6.45) is 0.0905. The molecule has 1 N–H and O–H groups in total. The maximum atomic E-state index is 12.9. The average molecular weight is 475 g/mol. The van der Waals surface area contributed by atoms with Gasteiger partial charge < -0.3 is 10.1 Å². The summed E-state index contributed by atoms with van der Waals surface area (Å²) >= 11 is 1.30. The van der Waals surface area contributed by atoms with Gasteiger partial charge in [0.15, 0.2) is 12.4 Å². The van der Waals surface area contributed by atoms with Crippen LogP contribution in [0.1, 0.15) is 23.7 Å². The number of hydrogen-bond acceptors (Lipinski definition) is 6. The SMILES string of the molecule is CC(=O)c1ccc(N2C(=O)CC(Sc3ccc(NC(=O)COc4ccccc4)cc3)C2=O)cc1. The molecular formula is C26H22N2O5S. The number of anilines is 2. The fourth-order valence-corrected chi connectivity index (χ4v) is 4.51. The van der Waals surface area contributed by atoms with Crippen LogP contribution in [0.25, 0.3) is 0 Å². The topological polar surface area (TPSA) is 92.8 Å². The number of benzene rings is 3. The third-order valence-corrected chi connectivity index (χ3v) is 6.36. The van der Waals surface area contributed by atoms with Crippen molar-refractivity contribution in [2.45, 2.75) is 23.5 Å². The molecule has 0 aliphatic carbocycles. The van der Waals surface area contributed by atoms with Gasteiger partial charge in [-0.3, -0.25) is 19.2 Å².